The Bertz CT molecular complexity index is 167. The van der Waals surface area contributed by atoms with Crippen LogP contribution in [0.15, 0.2) is 0 Å². The Kier molecular flexibility index (Phi) is 8.06. The molecule has 0 rings (SSSR count). The van der Waals surface area contributed by atoms with Crippen molar-refractivity contribution in [3.8, 4) is 0 Å². The van der Waals surface area contributed by atoms with Crippen molar-refractivity contribution in [1.82, 2.24) is 0 Å². The minimum atomic E-state index is 0.323. The van der Waals surface area contributed by atoms with Crippen LogP contribution >= 0.6 is 0 Å². The van der Waals surface area contributed by atoms with Crippen LogP contribution in [0.1, 0.15) is 67.2 Å². The molecule has 2 nitrogen and oxygen atoms in total. The van der Waals surface area contributed by atoms with E-state index in [0.717, 1.165) is 13.0 Å². The molecule has 0 saturated heterocycles. The topological polar surface area (TPSA) is 20.2 Å². The van der Waals surface area contributed by atoms with Crippen molar-refractivity contribution >= 4 is 0 Å². The quantitative estimate of drug-likeness (QED) is 0.615. The smallest absolute Gasteiger partial charge is 0.0863 e. The number of aliphatic hydroxyl groups excluding tert-OH is 1. The summed E-state index contributed by atoms with van der Waals surface area (Å²) in [4.78, 5) is 0. The van der Waals surface area contributed by atoms with Crippen LogP contribution in [0.2, 0.25) is 0 Å². The predicted molar refractivity (Wildman–Crippen MR) is 76.1 cm³/mol. The molecule has 3 unspecified atom stereocenters. The first-order valence-electron chi connectivity index (χ1n) is 7.49. The second-order valence-electron chi connectivity index (χ2n) is 5.57. The van der Waals surface area contributed by atoms with E-state index in [0.29, 0.717) is 24.7 Å². The van der Waals surface area contributed by atoms with Crippen LogP contribution in [0.25, 0.3) is 0 Å². The lowest BCUT2D eigenvalue weighted by atomic mass is 9.97. The van der Waals surface area contributed by atoms with Crippen LogP contribution < -0.4 is 0 Å². The molecular weight excluding hydrogens is 210 g/mol. The van der Waals surface area contributed by atoms with Gasteiger partial charge in [-0.15, -0.1) is 0 Å². The van der Waals surface area contributed by atoms with Crippen LogP contribution in [-0.2, 0) is 0 Å². The molecule has 0 aromatic heterocycles. The highest BCUT2D eigenvalue weighted by molar-refractivity contribution is 4.65. The van der Waals surface area contributed by atoms with Gasteiger partial charge in [0.25, 0.3) is 0 Å². The summed E-state index contributed by atoms with van der Waals surface area (Å²) < 4.78 is 1.18. The van der Waals surface area contributed by atoms with Gasteiger partial charge in [-0.3, -0.25) is 0 Å². The Morgan fingerprint density at radius 2 is 1.18 bits per heavy atom. The average Bonchev–Trinajstić information content (AvgIpc) is 2.37. The number of rotatable bonds is 9. The van der Waals surface area contributed by atoms with Crippen molar-refractivity contribution in [3.63, 3.8) is 0 Å². The van der Waals surface area contributed by atoms with Crippen molar-refractivity contribution in [3.05, 3.63) is 0 Å². The Hall–Kier alpha value is -0.0800. The fraction of sp³-hybridized carbons (Fsp3) is 1.00. The molecule has 0 aliphatic rings. The Labute approximate surface area is 109 Å². The van der Waals surface area contributed by atoms with Gasteiger partial charge in [-0.05, 0) is 40.0 Å². The van der Waals surface area contributed by atoms with Crippen molar-refractivity contribution in [2.45, 2.75) is 85.4 Å². The zero-order chi connectivity index (χ0) is 13.5. The van der Waals surface area contributed by atoms with E-state index in [1.807, 2.05) is 0 Å². The van der Waals surface area contributed by atoms with Crippen LogP contribution in [0.4, 0.5) is 0 Å². The molecule has 0 aromatic carbocycles. The van der Waals surface area contributed by atoms with E-state index in [1.165, 1.54) is 23.7 Å². The summed E-state index contributed by atoms with van der Waals surface area (Å²) in [5.74, 6) is 0. The van der Waals surface area contributed by atoms with E-state index in [2.05, 4.69) is 41.5 Å². The van der Waals surface area contributed by atoms with Crippen LogP contribution in [0, 0.1) is 0 Å². The largest absolute Gasteiger partial charge is 0.396 e. The number of hydrogen-bond acceptors (Lipinski definition) is 1. The molecule has 0 aromatic rings. The Balaban J connectivity index is 5.19. The second-order valence-corrected chi connectivity index (χ2v) is 5.57. The molecular formula is C15H34NO+. The third-order valence-electron chi connectivity index (χ3n) is 4.94. The molecule has 0 fully saturated rings. The molecule has 0 saturated carbocycles. The molecule has 0 radical (unpaired) electrons. The highest BCUT2D eigenvalue weighted by atomic mass is 16.3. The molecule has 0 bridgehead atoms. The van der Waals surface area contributed by atoms with Crippen molar-refractivity contribution in [2.24, 2.45) is 0 Å². The summed E-state index contributed by atoms with van der Waals surface area (Å²) in [6, 6.07) is 2.06. The number of aliphatic hydroxyl groups is 1. The summed E-state index contributed by atoms with van der Waals surface area (Å²) in [5.41, 5.74) is 0. The summed E-state index contributed by atoms with van der Waals surface area (Å²) >= 11 is 0. The fourth-order valence-corrected chi connectivity index (χ4v) is 3.33. The normalized spacial score (nSPS) is 20.6. The van der Waals surface area contributed by atoms with E-state index in [-0.39, 0.29) is 0 Å². The van der Waals surface area contributed by atoms with E-state index >= 15 is 0 Å². The first-order chi connectivity index (χ1) is 8.00. The third-order valence-corrected chi connectivity index (χ3v) is 4.94. The van der Waals surface area contributed by atoms with Gasteiger partial charge in [-0.25, -0.2) is 0 Å². The van der Waals surface area contributed by atoms with Crippen molar-refractivity contribution in [1.29, 1.82) is 0 Å². The first kappa shape index (κ1) is 16.9. The molecule has 1 N–H and O–H groups in total. The molecule has 104 valence electrons. The van der Waals surface area contributed by atoms with Gasteiger partial charge in [0.1, 0.15) is 0 Å². The summed E-state index contributed by atoms with van der Waals surface area (Å²) in [7, 11) is 0. The molecule has 0 spiro atoms. The van der Waals surface area contributed by atoms with Crippen LogP contribution in [0.3, 0.4) is 0 Å². The molecule has 0 amide bonds. The Morgan fingerprint density at radius 1 is 0.824 bits per heavy atom. The lowest BCUT2D eigenvalue weighted by Crippen LogP contribution is -2.64. The maximum atomic E-state index is 9.18. The monoisotopic (exact) mass is 244 g/mol. The molecule has 2 heteroatoms. The van der Waals surface area contributed by atoms with Gasteiger partial charge in [-0.2, -0.15) is 0 Å². The lowest BCUT2D eigenvalue weighted by molar-refractivity contribution is -0.990. The highest BCUT2D eigenvalue weighted by Gasteiger charge is 2.41. The fourth-order valence-electron chi connectivity index (χ4n) is 3.33. The molecule has 0 aliphatic carbocycles. The van der Waals surface area contributed by atoms with Crippen molar-refractivity contribution in [2.75, 3.05) is 13.2 Å². The minimum absolute atomic E-state index is 0.323. The van der Waals surface area contributed by atoms with Gasteiger partial charge in [0.15, 0.2) is 0 Å². The second kappa shape index (κ2) is 8.10. The van der Waals surface area contributed by atoms with E-state index in [1.54, 1.807) is 0 Å². The first-order valence-corrected chi connectivity index (χ1v) is 7.49. The highest BCUT2D eigenvalue weighted by Crippen LogP contribution is 2.30. The molecule has 0 heterocycles. The summed E-state index contributed by atoms with van der Waals surface area (Å²) in [5, 5.41) is 9.18. The minimum Gasteiger partial charge on any atom is -0.396 e. The van der Waals surface area contributed by atoms with E-state index in [4.69, 9.17) is 0 Å². The standard InChI is InChI=1S/C15H34NO/c1-7-13(4)16(11-10-12-17,14(5)8-2)15(6)9-3/h13-15,17H,7-12H2,1-6H3/q+1. The molecule has 17 heavy (non-hydrogen) atoms. The molecule has 3 atom stereocenters. The lowest BCUT2D eigenvalue weighted by Gasteiger charge is -2.52. The zero-order valence-electron chi connectivity index (χ0n) is 12.9. The Morgan fingerprint density at radius 3 is 1.41 bits per heavy atom. The van der Waals surface area contributed by atoms with E-state index in [9.17, 15) is 5.11 Å². The van der Waals surface area contributed by atoms with Gasteiger partial charge in [0, 0.05) is 13.0 Å². The third kappa shape index (κ3) is 3.69. The van der Waals surface area contributed by atoms with Gasteiger partial charge in [0.2, 0.25) is 0 Å². The van der Waals surface area contributed by atoms with Crippen molar-refractivity contribution < 1.29 is 9.59 Å². The maximum absolute atomic E-state index is 9.18. The zero-order valence-corrected chi connectivity index (χ0v) is 12.9. The van der Waals surface area contributed by atoms with Crippen LogP contribution in [0.5, 0.6) is 0 Å². The molecule has 0 aliphatic heterocycles. The average molecular weight is 244 g/mol. The van der Waals surface area contributed by atoms with Gasteiger partial charge >= 0.3 is 0 Å². The van der Waals surface area contributed by atoms with Crippen LogP contribution in [-0.4, -0.2) is 40.9 Å². The van der Waals surface area contributed by atoms with Gasteiger partial charge in [0.05, 0.1) is 24.7 Å². The number of quaternary nitrogens is 1. The number of nitrogens with zero attached hydrogens (tertiary/aromatic N) is 1. The number of hydrogen-bond donors (Lipinski definition) is 1. The van der Waals surface area contributed by atoms with Gasteiger partial charge < -0.3 is 9.59 Å². The van der Waals surface area contributed by atoms with E-state index < -0.39 is 0 Å². The summed E-state index contributed by atoms with van der Waals surface area (Å²) in [6.07, 6.45) is 4.60. The summed E-state index contributed by atoms with van der Waals surface area (Å²) in [6.45, 7) is 15.5. The maximum Gasteiger partial charge on any atom is 0.0863 e. The predicted octanol–water partition coefficient (Wildman–Crippen LogP) is 3.58. The van der Waals surface area contributed by atoms with Gasteiger partial charge in [-0.1, -0.05) is 20.8 Å². The SMILES string of the molecule is CCC(C)[N+](CCCO)(C(C)CC)C(C)CC.